The van der Waals surface area contributed by atoms with Crippen molar-refractivity contribution >= 4 is 0 Å². The van der Waals surface area contributed by atoms with Gasteiger partial charge in [-0.05, 0) is 0 Å². The molecule has 0 aliphatic rings. The Morgan fingerprint density at radius 3 is 0.889 bits per heavy atom. The van der Waals surface area contributed by atoms with E-state index >= 15 is 0 Å². The molecule has 0 aliphatic carbocycles. The Morgan fingerprint density at radius 1 is 0.444 bits per heavy atom. The topological polar surface area (TPSA) is 83.0 Å². The standard InChI is InChI=1S/C10H20O6.2Na/c11-1-3-13-5-7-15-9-10-16-8-6-14-4-2-12;;/h1-10H2;;/q-2;2*+1. The largest absolute Gasteiger partial charge is 1.00 e. The van der Waals surface area contributed by atoms with Crippen molar-refractivity contribution in [3.63, 3.8) is 0 Å². The van der Waals surface area contributed by atoms with E-state index < -0.39 is 0 Å². The minimum atomic E-state index is -0.216. The second kappa shape index (κ2) is 23.8. The second-order valence-electron chi connectivity index (χ2n) is 2.86. The molecule has 0 bridgehead atoms. The van der Waals surface area contributed by atoms with Crippen molar-refractivity contribution in [3.8, 4) is 0 Å². The smallest absolute Gasteiger partial charge is 0.853 e. The number of rotatable bonds is 13. The molecule has 0 heterocycles. The van der Waals surface area contributed by atoms with E-state index in [0.717, 1.165) is 0 Å². The van der Waals surface area contributed by atoms with Gasteiger partial charge < -0.3 is 29.2 Å². The van der Waals surface area contributed by atoms with Crippen LogP contribution in [0.3, 0.4) is 0 Å². The molecule has 0 unspecified atom stereocenters. The van der Waals surface area contributed by atoms with Crippen molar-refractivity contribution in [3.05, 3.63) is 0 Å². The van der Waals surface area contributed by atoms with Gasteiger partial charge in [0.25, 0.3) is 0 Å². The Balaban J connectivity index is -0.00000112. The maximum atomic E-state index is 9.99. The van der Waals surface area contributed by atoms with Crippen LogP contribution in [0.1, 0.15) is 0 Å². The average molecular weight is 282 g/mol. The molecule has 0 saturated heterocycles. The van der Waals surface area contributed by atoms with E-state index in [9.17, 15) is 10.2 Å². The Bertz CT molecular complexity index is 117. The van der Waals surface area contributed by atoms with Gasteiger partial charge in [-0.15, -0.1) is 13.2 Å². The van der Waals surface area contributed by atoms with Gasteiger partial charge in [0.15, 0.2) is 0 Å². The predicted molar refractivity (Wildman–Crippen MR) is 53.0 cm³/mol. The second-order valence-corrected chi connectivity index (χ2v) is 2.86. The summed E-state index contributed by atoms with van der Waals surface area (Å²) < 4.78 is 20.2. The molecule has 0 fully saturated rings. The molecule has 0 rings (SSSR count). The van der Waals surface area contributed by atoms with Gasteiger partial charge in [-0.2, -0.15) is 0 Å². The summed E-state index contributed by atoms with van der Waals surface area (Å²) in [5.74, 6) is 0. The molecule has 0 radical (unpaired) electrons. The first-order chi connectivity index (χ1) is 7.91. The minimum Gasteiger partial charge on any atom is -0.853 e. The fourth-order valence-corrected chi connectivity index (χ4v) is 0.880. The van der Waals surface area contributed by atoms with Gasteiger partial charge in [-0.3, -0.25) is 0 Å². The number of hydrogen-bond acceptors (Lipinski definition) is 6. The fraction of sp³-hybridized carbons (Fsp3) is 1.00. The molecule has 18 heavy (non-hydrogen) atoms. The van der Waals surface area contributed by atoms with Crippen molar-refractivity contribution in [1.29, 1.82) is 0 Å². The zero-order valence-electron chi connectivity index (χ0n) is 11.5. The summed E-state index contributed by atoms with van der Waals surface area (Å²) in [7, 11) is 0. The first-order valence-corrected chi connectivity index (χ1v) is 5.39. The van der Waals surface area contributed by atoms with Crippen LogP contribution in [-0.4, -0.2) is 66.1 Å². The van der Waals surface area contributed by atoms with Crippen LogP contribution in [0.4, 0.5) is 0 Å². The van der Waals surface area contributed by atoms with Crippen LogP contribution in [0.25, 0.3) is 0 Å². The zero-order valence-corrected chi connectivity index (χ0v) is 15.5. The maximum Gasteiger partial charge on any atom is 1.00 e. The van der Waals surface area contributed by atoms with E-state index in [1.54, 1.807) is 0 Å². The normalized spacial score (nSPS) is 9.67. The van der Waals surface area contributed by atoms with E-state index in [4.69, 9.17) is 18.9 Å². The summed E-state index contributed by atoms with van der Waals surface area (Å²) in [6.45, 7) is 2.83. The summed E-state index contributed by atoms with van der Waals surface area (Å²) in [4.78, 5) is 0. The third-order valence-corrected chi connectivity index (χ3v) is 1.57. The van der Waals surface area contributed by atoms with Crippen molar-refractivity contribution in [1.82, 2.24) is 0 Å². The SMILES string of the molecule is [Na+].[Na+].[O-]CCOCCOCCOCCOCC[O-]. The van der Waals surface area contributed by atoms with Crippen LogP contribution < -0.4 is 69.3 Å². The average Bonchev–Trinajstić information content (AvgIpc) is 2.31. The van der Waals surface area contributed by atoms with Crippen molar-refractivity contribution in [2.24, 2.45) is 0 Å². The van der Waals surface area contributed by atoms with Crippen LogP contribution in [0.5, 0.6) is 0 Å². The monoisotopic (exact) mass is 282 g/mol. The summed E-state index contributed by atoms with van der Waals surface area (Å²) >= 11 is 0. The quantitative estimate of drug-likeness (QED) is 0.246. The van der Waals surface area contributed by atoms with E-state index in [2.05, 4.69) is 0 Å². The molecule has 0 N–H and O–H groups in total. The van der Waals surface area contributed by atoms with Crippen LogP contribution in [-0.2, 0) is 18.9 Å². The van der Waals surface area contributed by atoms with Gasteiger partial charge in [0.05, 0.1) is 39.6 Å². The molecule has 8 heteroatoms. The summed E-state index contributed by atoms with van der Waals surface area (Å²) in [6, 6.07) is 0. The summed E-state index contributed by atoms with van der Waals surface area (Å²) in [6.07, 6.45) is 0. The molecule has 98 valence electrons. The zero-order chi connectivity index (χ0) is 11.9. The van der Waals surface area contributed by atoms with Crippen LogP contribution in [0.15, 0.2) is 0 Å². The van der Waals surface area contributed by atoms with Gasteiger partial charge >= 0.3 is 59.1 Å². The molecule has 6 nitrogen and oxygen atoms in total. The molecule has 0 amide bonds. The molecule has 0 atom stereocenters. The first kappa shape index (κ1) is 24.8. The Kier molecular flexibility index (Phi) is 32.8. The van der Waals surface area contributed by atoms with Crippen LogP contribution >= 0.6 is 0 Å². The molecule has 0 aromatic carbocycles. The van der Waals surface area contributed by atoms with Gasteiger partial charge in [0.2, 0.25) is 0 Å². The number of hydrogen-bond donors (Lipinski definition) is 0. The Labute approximate surface area is 153 Å². The third kappa shape index (κ3) is 22.9. The molecular formula is C10H20Na2O6. The van der Waals surface area contributed by atoms with Crippen molar-refractivity contribution < 1.29 is 88.3 Å². The Morgan fingerprint density at radius 2 is 0.667 bits per heavy atom. The predicted octanol–water partition coefficient (Wildman–Crippen LogP) is -8.22. The van der Waals surface area contributed by atoms with Gasteiger partial charge in [-0.1, -0.05) is 0 Å². The molecule has 0 saturated carbocycles. The first-order valence-electron chi connectivity index (χ1n) is 5.39. The fourth-order valence-electron chi connectivity index (χ4n) is 0.880. The van der Waals surface area contributed by atoms with Crippen molar-refractivity contribution in [2.75, 3.05) is 66.1 Å². The third-order valence-electron chi connectivity index (χ3n) is 1.57. The summed E-state index contributed by atoms with van der Waals surface area (Å²) in [5, 5.41) is 20.0. The molecule has 0 aromatic rings. The van der Waals surface area contributed by atoms with Gasteiger partial charge in [0, 0.05) is 13.2 Å². The van der Waals surface area contributed by atoms with Gasteiger partial charge in [-0.25, -0.2) is 0 Å². The van der Waals surface area contributed by atoms with Crippen LogP contribution in [0, 0.1) is 0 Å². The Hall–Kier alpha value is 1.76. The molecule has 0 aromatic heterocycles. The molecular weight excluding hydrogens is 262 g/mol. The number of ether oxygens (including phenoxy) is 4. The van der Waals surface area contributed by atoms with E-state index in [1.165, 1.54) is 0 Å². The van der Waals surface area contributed by atoms with Crippen molar-refractivity contribution in [2.45, 2.75) is 0 Å². The van der Waals surface area contributed by atoms with E-state index in [-0.39, 0.29) is 85.5 Å². The maximum absolute atomic E-state index is 9.99. The van der Waals surface area contributed by atoms with Crippen LogP contribution in [0.2, 0.25) is 0 Å². The molecule has 0 spiro atoms. The molecule has 0 aliphatic heterocycles. The van der Waals surface area contributed by atoms with E-state index in [1.807, 2.05) is 0 Å². The minimum absolute atomic E-state index is 0. The summed E-state index contributed by atoms with van der Waals surface area (Å²) in [5.41, 5.74) is 0. The van der Waals surface area contributed by atoms with E-state index in [0.29, 0.717) is 39.6 Å². The van der Waals surface area contributed by atoms with Gasteiger partial charge in [0.1, 0.15) is 0 Å².